The summed E-state index contributed by atoms with van der Waals surface area (Å²) in [5, 5.41) is 14.0. The highest BCUT2D eigenvalue weighted by Gasteiger charge is 2.33. The van der Waals surface area contributed by atoms with E-state index in [0.29, 0.717) is 10.7 Å². The van der Waals surface area contributed by atoms with Crippen LogP contribution in [0.4, 0.5) is 18.9 Å². The largest absolute Gasteiger partial charge is 0.417 e. The number of hydrogen-bond donors (Lipinski definition) is 3. The van der Waals surface area contributed by atoms with Gasteiger partial charge in [0, 0.05) is 24.4 Å². The molecule has 1 aromatic carbocycles. The van der Waals surface area contributed by atoms with Crippen molar-refractivity contribution in [2.75, 3.05) is 11.9 Å². The summed E-state index contributed by atoms with van der Waals surface area (Å²) >= 11 is 6.57. The molecule has 0 saturated carbocycles. The fourth-order valence-electron chi connectivity index (χ4n) is 2.71. The second-order valence-electron chi connectivity index (χ2n) is 6.77. The molecule has 3 aromatic rings. The van der Waals surface area contributed by atoms with Crippen LogP contribution in [0.1, 0.15) is 49.4 Å². The minimum absolute atomic E-state index is 0.0736. The van der Waals surface area contributed by atoms with Crippen LogP contribution in [0.25, 0.3) is 0 Å². The number of anilines is 1. The number of benzene rings is 1. The van der Waals surface area contributed by atoms with Gasteiger partial charge in [-0.1, -0.05) is 11.6 Å². The van der Waals surface area contributed by atoms with E-state index in [-0.39, 0.29) is 29.3 Å². The number of carbonyl (C=O) groups excluding carboxylic acids is 2. The maximum absolute atomic E-state index is 13.0. The van der Waals surface area contributed by atoms with Gasteiger partial charge in [-0.2, -0.15) is 13.2 Å². The zero-order valence-corrected chi connectivity index (χ0v) is 18.6. The minimum atomic E-state index is -4.66. The number of aromatic nitrogens is 3. The fourth-order valence-corrected chi connectivity index (χ4v) is 3.75. The Hall–Kier alpha value is -3.09. The van der Waals surface area contributed by atoms with Gasteiger partial charge in [-0.05, 0) is 31.2 Å². The lowest BCUT2D eigenvalue weighted by atomic mass is 10.2. The van der Waals surface area contributed by atoms with E-state index in [1.165, 1.54) is 24.7 Å². The first-order valence-electron chi connectivity index (χ1n) is 9.45. The van der Waals surface area contributed by atoms with E-state index < -0.39 is 34.6 Å². The van der Waals surface area contributed by atoms with E-state index in [0.717, 1.165) is 23.5 Å². The summed E-state index contributed by atoms with van der Waals surface area (Å²) in [6, 6.07) is 3.94. The molecular weight excluding hydrogens is 483 g/mol. The molecule has 2 amide bonds. The third-order valence-corrected chi connectivity index (χ3v) is 5.83. The van der Waals surface area contributed by atoms with Crippen molar-refractivity contribution in [1.82, 2.24) is 20.3 Å². The number of alkyl halides is 3. The molecule has 174 valence electrons. The second kappa shape index (κ2) is 10.2. The molecule has 8 nitrogen and oxygen atoms in total. The van der Waals surface area contributed by atoms with Gasteiger partial charge in [0.15, 0.2) is 0 Å². The summed E-state index contributed by atoms with van der Waals surface area (Å²) in [5.74, 6) is -1.15. The van der Waals surface area contributed by atoms with Crippen LogP contribution in [0.15, 0.2) is 36.8 Å². The molecule has 0 radical (unpaired) electrons. The van der Waals surface area contributed by atoms with Crippen molar-refractivity contribution in [2.24, 2.45) is 0 Å². The number of halogens is 4. The Labute approximate surface area is 194 Å². The first-order chi connectivity index (χ1) is 15.6. The van der Waals surface area contributed by atoms with Gasteiger partial charge in [0.1, 0.15) is 21.9 Å². The Morgan fingerprint density at radius 2 is 1.94 bits per heavy atom. The standard InChI is InChI=1S/C20H17ClF3N5O3S/c1-10(28-17(31)15-7-11(4-5-30)26-9-27-15)19-25-8-16(33-19)18(32)29-12-2-3-14(21)13(6-12)20(22,23)24/h2-3,6-10,30H,4-5H2,1H3,(H,28,31)(H,29,32)/t10-/m0/s1. The summed E-state index contributed by atoms with van der Waals surface area (Å²) in [4.78, 5) is 37.0. The highest BCUT2D eigenvalue weighted by Crippen LogP contribution is 2.36. The van der Waals surface area contributed by atoms with Gasteiger partial charge in [-0.3, -0.25) is 9.59 Å². The zero-order chi connectivity index (χ0) is 24.2. The third-order valence-electron chi connectivity index (χ3n) is 4.32. The number of hydrogen-bond acceptors (Lipinski definition) is 7. The molecule has 2 heterocycles. The summed E-state index contributed by atoms with van der Waals surface area (Å²) in [6.07, 6.45) is -1.90. The van der Waals surface area contributed by atoms with E-state index in [9.17, 15) is 22.8 Å². The van der Waals surface area contributed by atoms with Crippen molar-refractivity contribution in [3.05, 3.63) is 68.6 Å². The van der Waals surface area contributed by atoms with Crippen molar-refractivity contribution in [1.29, 1.82) is 0 Å². The number of amides is 2. The third kappa shape index (κ3) is 6.24. The zero-order valence-electron chi connectivity index (χ0n) is 17.0. The summed E-state index contributed by atoms with van der Waals surface area (Å²) in [6.45, 7) is 1.54. The monoisotopic (exact) mass is 499 g/mol. The average Bonchev–Trinajstić information content (AvgIpc) is 3.25. The normalized spacial score (nSPS) is 12.3. The van der Waals surface area contributed by atoms with Crippen molar-refractivity contribution in [2.45, 2.75) is 25.6 Å². The van der Waals surface area contributed by atoms with Gasteiger partial charge < -0.3 is 15.7 Å². The molecule has 0 bridgehead atoms. The predicted molar refractivity (Wildman–Crippen MR) is 115 cm³/mol. The van der Waals surface area contributed by atoms with Crippen molar-refractivity contribution in [3.63, 3.8) is 0 Å². The summed E-state index contributed by atoms with van der Waals surface area (Å²) in [7, 11) is 0. The van der Waals surface area contributed by atoms with Gasteiger partial charge >= 0.3 is 6.18 Å². The van der Waals surface area contributed by atoms with Crippen molar-refractivity contribution in [3.8, 4) is 0 Å². The van der Waals surface area contributed by atoms with Crippen LogP contribution in [-0.4, -0.2) is 38.5 Å². The van der Waals surface area contributed by atoms with Crippen LogP contribution in [0.3, 0.4) is 0 Å². The molecule has 0 aliphatic heterocycles. The van der Waals surface area contributed by atoms with E-state index in [2.05, 4.69) is 25.6 Å². The molecule has 0 fully saturated rings. The number of thiazole rings is 1. The van der Waals surface area contributed by atoms with Crippen LogP contribution in [0.5, 0.6) is 0 Å². The lowest BCUT2D eigenvalue weighted by molar-refractivity contribution is -0.137. The second-order valence-corrected chi connectivity index (χ2v) is 8.24. The highest BCUT2D eigenvalue weighted by molar-refractivity contribution is 7.13. The number of carbonyl (C=O) groups is 2. The molecule has 1 atom stereocenters. The Kier molecular flexibility index (Phi) is 7.61. The van der Waals surface area contributed by atoms with E-state index in [4.69, 9.17) is 16.7 Å². The predicted octanol–water partition coefficient (Wildman–Crippen LogP) is 3.88. The molecule has 0 spiro atoms. The molecule has 13 heteroatoms. The first kappa shape index (κ1) is 24.6. The molecule has 0 saturated heterocycles. The molecule has 0 unspecified atom stereocenters. The molecule has 0 aliphatic rings. The first-order valence-corrected chi connectivity index (χ1v) is 10.6. The number of rotatable bonds is 7. The van der Waals surface area contributed by atoms with Crippen LogP contribution < -0.4 is 10.6 Å². The number of nitrogens with zero attached hydrogens (tertiary/aromatic N) is 3. The van der Waals surface area contributed by atoms with E-state index in [1.807, 2.05) is 0 Å². The van der Waals surface area contributed by atoms with Crippen LogP contribution in [-0.2, 0) is 12.6 Å². The molecule has 3 rings (SSSR count). The maximum atomic E-state index is 13.0. The van der Waals surface area contributed by atoms with Gasteiger partial charge in [0.05, 0.1) is 22.8 Å². The van der Waals surface area contributed by atoms with Gasteiger partial charge in [-0.15, -0.1) is 11.3 Å². The Morgan fingerprint density at radius 3 is 2.64 bits per heavy atom. The molecule has 33 heavy (non-hydrogen) atoms. The fraction of sp³-hybridized carbons (Fsp3) is 0.250. The van der Waals surface area contributed by atoms with Crippen LogP contribution >= 0.6 is 22.9 Å². The van der Waals surface area contributed by atoms with Gasteiger partial charge in [-0.25, -0.2) is 15.0 Å². The SMILES string of the molecule is C[C@H](NC(=O)c1cc(CCO)ncn1)c1ncc(C(=O)Nc2ccc(Cl)c(C(F)(F)F)c2)s1. The molecular formula is C20H17ClF3N5O3S. The number of aliphatic hydroxyl groups is 1. The molecule has 0 aliphatic carbocycles. The highest BCUT2D eigenvalue weighted by atomic mass is 35.5. The number of aliphatic hydroxyl groups excluding tert-OH is 1. The van der Waals surface area contributed by atoms with E-state index >= 15 is 0 Å². The Morgan fingerprint density at radius 1 is 1.18 bits per heavy atom. The average molecular weight is 500 g/mol. The lowest BCUT2D eigenvalue weighted by Crippen LogP contribution is -2.27. The van der Waals surface area contributed by atoms with Crippen molar-refractivity contribution < 1.29 is 27.9 Å². The molecule has 3 N–H and O–H groups in total. The van der Waals surface area contributed by atoms with Crippen molar-refractivity contribution >= 4 is 40.4 Å². The minimum Gasteiger partial charge on any atom is -0.396 e. The molecule has 2 aromatic heterocycles. The quantitative estimate of drug-likeness (QED) is 0.454. The summed E-state index contributed by atoms with van der Waals surface area (Å²) in [5.41, 5.74) is -0.516. The topological polar surface area (TPSA) is 117 Å². The Balaban J connectivity index is 1.67. The van der Waals surface area contributed by atoms with Gasteiger partial charge in [0.2, 0.25) is 0 Å². The maximum Gasteiger partial charge on any atom is 0.417 e. The number of nitrogens with one attached hydrogen (secondary N) is 2. The Bertz CT molecular complexity index is 1170. The summed E-state index contributed by atoms with van der Waals surface area (Å²) < 4.78 is 39.0. The lowest BCUT2D eigenvalue weighted by Gasteiger charge is -2.11. The van der Waals surface area contributed by atoms with E-state index in [1.54, 1.807) is 6.92 Å². The van der Waals surface area contributed by atoms with Crippen LogP contribution in [0.2, 0.25) is 5.02 Å². The van der Waals surface area contributed by atoms with Crippen LogP contribution in [0, 0.1) is 0 Å². The van der Waals surface area contributed by atoms with Gasteiger partial charge in [0.25, 0.3) is 11.8 Å². The smallest absolute Gasteiger partial charge is 0.396 e.